The topological polar surface area (TPSA) is 99.6 Å². The maximum atomic E-state index is 13.2. The summed E-state index contributed by atoms with van der Waals surface area (Å²) in [4.78, 5) is 38.4. The van der Waals surface area contributed by atoms with Crippen LogP contribution in [0.5, 0.6) is 5.75 Å². The highest BCUT2D eigenvalue weighted by molar-refractivity contribution is 7.17. The van der Waals surface area contributed by atoms with Gasteiger partial charge in [0.2, 0.25) is 11.7 Å². The van der Waals surface area contributed by atoms with E-state index < -0.39 is 5.69 Å². The third-order valence-electron chi connectivity index (χ3n) is 4.65. The molecule has 0 aliphatic rings. The molecule has 0 unspecified atom stereocenters. The Bertz CT molecular complexity index is 1360. The van der Waals surface area contributed by atoms with Crippen LogP contribution in [0.1, 0.15) is 19.4 Å². The highest BCUT2D eigenvalue weighted by atomic mass is 32.1. The molecule has 0 radical (unpaired) electrons. The van der Waals surface area contributed by atoms with Crippen molar-refractivity contribution in [3.8, 4) is 5.75 Å². The standard InChI is InChI=1S/C20H21N5O4S/c1-12(2)21-16(26)11-24-20(28)25-14-8-9-30-17(14)18(27)23(19(25)22-24)10-13-6-4-5-7-15(13)29-3/h4-9,12H,10-11H2,1-3H3,(H,21,26). The van der Waals surface area contributed by atoms with E-state index >= 15 is 0 Å². The maximum absolute atomic E-state index is 13.2. The van der Waals surface area contributed by atoms with Gasteiger partial charge < -0.3 is 10.1 Å². The van der Waals surface area contributed by atoms with E-state index in [1.807, 2.05) is 38.1 Å². The van der Waals surface area contributed by atoms with E-state index in [2.05, 4.69) is 10.4 Å². The summed E-state index contributed by atoms with van der Waals surface area (Å²) in [6, 6.07) is 9.01. The zero-order valence-electron chi connectivity index (χ0n) is 16.8. The number of nitrogens with zero attached hydrogens (tertiary/aromatic N) is 4. The Morgan fingerprint density at radius 3 is 2.73 bits per heavy atom. The van der Waals surface area contributed by atoms with Gasteiger partial charge in [0, 0.05) is 11.6 Å². The van der Waals surface area contributed by atoms with Gasteiger partial charge in [0.25, 0.3) is 5.56 Å². The van der Waals surface area contributed by atoms with Crippen LogP contribution in [0.15, 0.2) is 45.3 Å². The van der Waals surface area contributed by atoms with Gasteiger partial charge in [-0.05, 0) is 31.4 Å². The average Bonchev–Trinajstić information content (AvgIpc) is 3.30. The Morgan fingerprint density at radius 2 is 2.00 bits per heavy atom. The van der Waals surface area contributed by atoms with Gasteiger partial charge in [-0.3, -0.25) is 14.2 Å². The van der Waals surface area contributed by atoms with E-state index in [9.17, 15) is 14.4 Å². The fourth-order valence-electron chi connectivity index (χ4n) is 3.39. The third-order valence-corrected chi connectivity index (χ3v) is 5.54. The number of carbonyl (C=O) groups excluding carboxylic acids is 1. The molecule has 1 amide bonds. The van der Waals surface area contributed by atoms with Gasteiger partial charge in [-0.25, -0.2) is 13.9 Å². The SMILES string of the molecule is COc1ccccc1Cn1c(=O)c2sccc2n2c(=O)n(CC(=O)NC(C)C)nc12. The molecule has 156 valence electrons. The van der Waals surface area contributed by atoms with Crippen LogP contribution in [0.4, 0.5) is 0 Å². The molecule has 30 heavy (non-hydrogen) atoms. The Kier molecular flexibility index (Phi) is 5.17. The molecule has 0 saturated heterocycles. The van der Waals surface area contributed by atoms with Crippen molar-refractivity contribution in [3.63, 3.8) is 0 Å². The molecular formula is C20H21N5O4S. The molecule has 0 atom stereocenters. The molecule has 4 rings (SSSR count). The van der Waals surface area contributed by atoms with Gasteiger partial charge in [0.1, 0.15) is 17.0 Å². The number of fused-ring (bicyclic) bond motifs is 3. The molecule has 0 spiro atoms. The first-order valence-corrected chi connectivity index (χ1v) is 10.3. The zero-order chi connectivity index (χ0) is 21.4. The molecule has 0 aliphatic heterocycles. The molecule has 0 bridgehead atoms. The van der Waals surface area contributed by atoms with Crippen molar-refractivity contribution in [1.82, 2.24) is 24.1 Å². The number of hydrogen-bond donors (Lipinski definition) is 1. The van der Waals surface area contributed by atoms with Crippen LogP contribution in [-0.2, 0) is 17.9 Å². The molecule has 1 N–H and O–H groups in total. The first-order chi connectivity index (χ1) is 14.4. The van der Waals surface area contributed by atoms with Crippen molar-refractivity contribution in [2.45, 2.75) is 33.0 Å². The predicted molar refractivity (Wildman–Crippen MR) is 114 cm³/mol. The molecule has 0 saturated carbocycles. The molecule has 9 nitrogen and oxygen atoms in total. The highest BCUT2D eigenvalue weighted by Gasteiger charge is 2.20. The van der Waals surface area contributed by atoms with Gasteiger partial charge in [-0.15, -0.1) is 16.4 Å². The fraction of sp³-hybridized carbons (Fsp3) is 0.300. The van der Waals surface area contributed by atoms with Crippen molar-refractivity contribution in [2.24, 2.45) is 0 Å². The van der Waals surface area contributed by atoms with Gasteiger partial charge >= 0.3 is 5.69 Å². The molecule has 10 heteroatoms. The van der Waals surface area contributed by atoms with Crippen molar-refractivity contribution >= 4 is 33.2 Å². The Labute approximate surface area is 175 Å². The van der Waals surface area contributed by atoms with Crippen LogP contribution in [-0.4, -0.2) is 37.8 Å². The lowest BCUT2D eigenvalue weighted by molar-refractivity contribution is -0.122. The quantitative estimate of drug-likeness (QED) is 0.502. The normalized spacial score (nSPS) is 11.5. The number of carbonyl (C=O) groups is 1. The molecule has 0 fully saturated rings. The van der Waals surface area contributed by atoms with E-state index in [0.717, 1.165) is 10.2 Å². The van der Waals surface area contributed by atoms with Gasteiger partial charge in [-0.1, -0.05) is 18.2 Å². The number of aromatic nitrogens is 4. The Morgan fingerprint density at radius 1 is 1.23 bits per heavy atom. The number of para-hydroxylation sites is 1. The third kappa shape index (κ3) is 3.39. The van der Waals surface area contributed by atoms with Gasteiger partial charge in [-0.2, -0.15) is 0 Å². The van der Waals surface area contributed by atoms with Crippen LogP contribution in [0.3, 0.4) is 0 Å². The van der Waals surface area contributed by atoms with E-state index in [1.54, 1.807) is 18.6 Å². The average molecular weight is 427 g/mol. The minimum absolute atomic E-state index is 0.0578. The largest absolute Gasteiger partial charge is 0.496 e. The van der Waals surface area contributed by atoms with E-state index in [0.29, 0.717) is 16.0 Å². The maximum Gasteiger partial charge on any atom is 0.352 e. The molecule has 1 aromatic carbocycles. The number of benzene rings is 1. The predicted octanol–water partition coefficient (Wildman–Crippen LogP) is 1.45. The van der Waals surface area contributed by atoms with E-state index in [4.69, 9.17) is 4.74 Å². The van der Waals surface area contributed by atoms with Crippen LogP contribution in [0.25, 0.3) is 16.0 Å². The highest BCUT2D eigenvalue weighted by Crippen LogP contribution is 2.21. The lowest BCUT2D eigenvalue weighted by atomic mass is 10.2. The number of hydrogen-bond acceptors (Lipinski definition) is 6. The van der Waals surface area contributed by atoms with Crippen molar-refractivity contribution < 1.29 is 9.53 Å². The smallest absolute Gasteiger partial charge is 0.352 e. The number of rotatable bonds is 6. The summed E-state index contributed by atoms with van der Waals surface area (Å²) < 4.78 is 9.76. The van der Waals surface area contributed by atoms with Crippen LogP contribution in [0, 0.1) is 0 Å². The number of amides is 1. The van der Waals surface area contributed by atoms with Crippen molar-refractivity contribution in [2.75, 3.05) is 7.11 Å². The first-order valence-electron chi connectivity index (χ1n) is 9.41. The Hall–Kier alpha value is -3.40. The minimum Gasteiger partial charge on any atom is -0.496 e. The summed E-state index contributed by atoms with van der Waals surface area (Å²) in [7, 11) is 1.56. The number of methoxy groups -OCH3 is 1. The van der Waals surface area contributed by atoms with Crippen LogP contribution >= 0.6 is 11.3 Å². The number of nitrogens with one attached hydrogen (secondary N) is 1. The zero-order valence-corrected chi connectivity index (χ0v) is 17.6. The lowest BCUT2D eigenvalue weighted by Crippen LogP contribution is -2.36. The summed E-state index contributed by atoms with van der Waals surface area (Å²) in [5.74, 6) is 0.488. The van der Waals surface area contributed by atoms with E-state index in [1.165, 1.54) is 20.3 Å². The summed E-state index contributed by atoms with van der Waals surface area (Å²) in [5, 5.41) is 8.84. The van der Waals surface area contributed by atoms with Crippen molar-refractivity contribution in [1.29, 1.82) is 0 Å². The summed E-state index contributed by atoms with van der Waals surface area (Å²) in [6.45, 7) is 3.62. The van der Waals surface area contributed by atoms with Crippen molar-refractivity contribution in [3.05, 3.63) is 62.1 Å². The molecular weight excluding hydrogens is 406 g/mol. The van der Waals surface area contributed by atoms with Crippen LogP contribution < -0.4 is 21.3 Å². The molecule has 3 aromatic heterocycles. The lowest BCUT2D eigenvalue weighted by Gasteiger charge is -2.11. The monoisotopic (exact) mass is 427 g/mol. The summed E-state index contributed by atoms with van der Waals surface area (Å²) in [5.41, 5.74) is 0.541. The molecule has 0 aliphatic carbocycles. The second-order valence-corrected chi connectivity index (χ2v) is 8.05. The minimum atomic E-state index is -0.471. The second-order valence-electron chi connectivity index (χ2n) is 7.14. The molecule has 3 heterocycles. The van der Waals surface area contributed by atoms with Gasteiger partial charge in [0.05, 0.1) is 19.2 Å². The number of thiophene rings is 1. The van der Waals surface area contributed by atoms with Gasteiger partial charge in [0.15, 0.2) is 0 Å². The van der Waals surface area contributed by atoms with Crippen LogP contribution in [0.2, 0.25) is 0 Å². The summed E-state index contributed by atoms with van der Waals surface area (Å²) in [6.07, 6.45) is 0. The van der Waals surface area contributed by atoms with E-state index in [-0.39, 0.29) is 36.4 Å². The molecule has 4 aromatic rings. The Balaban J connectivity index is 1.92. The second kappa shape index (κ2) is 7.79. The fourth-order valence-corrected chi connectivity index (χ4v) is 4.21. The first kappa shape index (κ1) is 19.9. The number of ether oxygens (including phenoxy) is 1. The summed E-state index contributed by atoms with van der Waals surface area (Å²) >= 11 is 1.26.